The summed E-state index contributed by atoms with van der Waals surface area (Å²) >= 11 is 0. The van der Waals surface area contributed by atoms with Gasteiger partial charge in [-0.3, -0.25) is 4.68 Å². The van der Waals surface area contributed by atoms with Crippen LogP contribution in [0.3, 0.4) is 0 Å². The first-order chi connectivity index (χ1) is 9.81. The number of nitrogens with one attached hydrogen (secondary N) is 1. The maximum absolute atomic E-state index is 12.4. The zero-order valence-electron chi connectivity index (χ0n) is 12.4. The van der Waals surface area contributed by atoms with E-state index in [1.165, 1.54) is 0 Å². The highest BCUT2D eigenvalue weighted by atomic mass is 32.2. The van der Waals surface area contributed by atoms with Crippen molar-refractivity contribution in [1.29, 1.82) is 0 Å². The molecule has 0 aliphatic rings. The standard InChI is InChI=1S/C14H20N4O2S/c1-10-4-5-11(2)14(13(10)15)21(19,20)17-7-6-12-8-16-18(3)9-12/h4-5,8-9,17H,6-7,15H2,1-3H3. The van der Waals surface area contributed by atoms with Crippen LogP contribution in [-0.2, 0) is 23.5 Å². The fraction of sp³-hybridized carbons (Fsp3) is 0.357. The molecule has 6 nitrogen and oxygen atoms in total. The van der Waals surface area contributed by atoms with Gasteiger partial charge in [-0.15, -0.1) is 0 Å². The van der Waals surface area contributed by atoms with E-state index in [0.717, 1.165) is 11.1 Å². The number of aryl methyl sites for hydroxylation is 3. The van der Waals surface area contributed by atoms with Crippen molar-refractivity contribution in [2.24, 2.45) is 7.05 Å². The van der Waals surface area contributed by atoms with Crippen LogP contribution in [0.4, 0.5) is 5.69 Å². The van der Waals surface area contributed by atoms with Crippen LogP contribution in [0, 0.1) is 13.8 Å². The largest absolute Gasteiger partial charge is 0.397 e. The molecule has 1 aromatic carbocycles. The highest BCUT2D eigenvalue weighted by Crippen LogP contribution is 2.25. The third-order valence-electron chi connectivity index (χ3n) is 3.34. The van der Waals surface area contributed by atoms with Gasteiger partial charge in [0, 0.05) is 19.8 Å². The number of nitrogen functional groups attached to an aromatic ring is 1. The van der Waals surface area contributed by atoms with Crippen LogP contribution in [0.5, 0.6) is 0 Å². The first kappa shape index (κ1) is 15.5. The summed E-state index contributed by atoms with van der Waals surface area (Å²) in [6, 6.07) is 3.58. The van der Waals surface area contributed by atoms with Gasteiger partial charge in [-0.1, -0.05) is 12.1 Å². The summed E-state index contributed by atoms with van der Waals surface area (Å²) in [5.41, 5.74) is 8.62. The van der Waals surface area contributed by atoms with E-state index in [2.05, 4.69) is 9.82 Å². The molecule has 0 unspecified atom stereocenters. The average molecular weight is 308 g/mol. The monoisotopic (exact) mass is 308 g/mol. The van der Waals surface area contributed by atoms with Gasteiger partial charge in [-0.25, -0.2) is 13.1 Å². The number of nitrogens with zero attached hydrogens (tertiary/aromatic N) is 2. The molecule has 21 heavy (non-hydrogen) atoms. The Morgan fingerprint density at radius 1 is 1.29 bits per heavy atom. The lowest BCUT2D eigenvalue weighted by molar-refractivity contribution is 0.581. The minimum Gasteiger partial charge on any atom is -0.397 e. The van der Waals surface area contributed by atoms with Gasteiger partial charge >= 0.3 is 0 Å². The number of aromatic nitrogens is 2. The van der Waals surface area contributed by atoms with E-state index in [1.807, 2.05) is 19.3 Å². The lowest BCUT2D eigenvalue weighted by Crippen LogP contribution is -2.27. The van der Waals surface area contributed by atoms with E-state index >= 15 is 0 Å². The molecule has 0 spiro atoms. The Morgan fingerprint density at radius 3 is 2.57 bits per heavy atom. The number of anilines is 1. The van der Waals surface area contributed by atoms with E-state index in [9.17, 15) is 8.42 Å². The molecule has 0 atom stereocenters. The molecule has 2 aromatic rings. The Balaban J connectivity index is 2.14. The van der Waals surface area contributed by atoms with Crippen LogP contribution in [0.25, 0.3) is 0 Å². The summed E-state index contributed by atoms with van der Waals surface area (Å²) in [7, 11) is -1.79. The first-order valence-corrected chi connectivity index (χ1v) is 8.12. The molecule has 0 saturated carbocycles. The number of sulfonamides is 1. The van der Waals surface area contributed by atoms with Gasteiger partial charge in [0.2, 0.25) is 10.0 Å². The molecule has 1 aromatic heterocycles. The number of hydrogen-bond donors (Lipinski definition) is 2. The Morgan fingerprint density at radius 2 is 1.95 bits per heavy atom. The molecule has 0 saturated heterocycles. The molecule has 0 bridgehead atoms. The first-order valence-electron chi connectivity index (χ1n) is 6.64. The second-order valence-electron chi connectivity index (χ2n) is 5.11. The lowest BCUT2D eigenvalue weighted by atomic mass is 10.1. The third kappa shape index (κ3) is 3.43. The fourth-order valence-electron chi connectivity index (χ4n) is 2.17. The zero-order valence-corrected chi connectivity index (χ0v) is 13.2. The van der Waals surface area contributed by atoms with Gasteiger partial charge in [0.15, 0.2) is 0 Å². The molecular weight excluding hydrogens is 288 g/mol. The van der Waals surface area contributed by atoms with Crippen molar-refractivity contribution in [3.05, 3.63) is 41.2 Å². The van der Waals surface area contributed by atoms with Crippen molar-refractivity contribution in [3.63, 3.8) is 0 Å². The maximum Gasteiger partial charge on any atom is 0.242 e. The molecule has 3 N–H and O–H groups in total. The second kappa shape index (κ2) is 5.87. The Kier molecular flexibility index (Phi) is 4.34. The van der Waals surface area contributed by atoms with Gasteiger partial charge in [0.25, 0.3) is 0 Å². The van der Waals surface area contributed by atoms with Crippen molar-refractivity contribution in [1.82, 2.24) is 14.5 Å². The molecule has 114 valence electrons. The van der Waals surface area contributed by atoms with Crippen LogP contribution in [-0.4, -0.2) is 24.7 Å². The summed E-state index contributed by atoms with van der Waals surface area (Å²) in [5.74, 6) is 0. The van der Waals surface area contributed by atoms with Crippen molar-refractivity contribution in [3.8, 4) is 0 Å². The van der Waals surface area contributed by atoms with E-state index in [1.54, 1.807) is 30.8 Å². The predicted molar refractivity (Wildman–Crippen MR) is 82.4 cm³/mol. The summed E-state index contributed by atoms with van der Waals surface area (Å²) in [4.78, 5) is 0.175. The molecule has 2 rings (SSSR count). The molecular formula is C14H20N4O2S. The molecule has 1 heterocycles. The predicted octanol–water partition coefficient (Wildman–Crippen LogP) is 1.14. The summed E-state index contributed by atoms with van der Waals surface area (Å²) < 4.78 is 29.1. The smallest absolute Gasteiger partial charge is 0.242 e. The third-order valence-corrected chi connectivity index (χ3v) is 5.01. The molecule has 0 amide bonds. The quantitative estimate of drug-likeness (QED) is 0.811. The van der Waals surface area contributed by atoms with Gasteiger partial charge in [0.1, 0.15) is 4.90 Å². The van der Waals surface area contributed by atoms with Crippen LogP contribution in [0.2, 0.25) is 0 Å². The van der Waals surface area contributed by atoms with Crippen molar-refractivity contribution in [2.45, 2.75) is 25.2 Å². The molecule has 7 heteroatoms. The Hall–Kier alpha value is -1.86. The maximum atomic E-state index is 12.4. The SMILES string of the molecule is Cc1ccc(C)c(S(=O)(=O)NCCc2cnn(C)c2)c1N. The number of hydrogen-bond acceptors (Lipinski definition) is 4. The van der Waals surface area contributed by atoms with Gasteiger partial charge in [0.05, 0.1) is 11.9 Å². The highest BCUT2D eigenvalue weighted by molar-refractivity contribution is 7.89. The van der Waals surface area contributed by atoms with Crippen molar-refractivity contribution >= 4 is 15.7 Å². The van der Waals surface area contributed by atoms with Gasteiger partial charge in [-0.2, -0.15) is 5.10 Å². The van der Waals surface area contributed by atoms with Gasteiger partial charge in [-0.05, 0) is 37.0 Å². The normalized spacial score (nSPS) is 11.8. The Bertz CT molecular complexity index is 750. The number of nitrogens with two attached hydrogens (primary N) is 1. The van der Waals surface area contributed by atoms with Crippen LogP contribution >= 0.6 is 0 Å². The minimum absolute atomic E-state index is 0.175. The molecule has 0 aliphatic heterocycles. The topological polar surface area (TPSA) is 90.0 Å². The summed E-state index contributed by atoms with van der Waals surface area (Å²) in [6.07, 6.45) is 4.17. The van der Waals surface area contributed by atoms with Gasteiger partial charge < -0.3 is 5.73 Å². The summed E-state index contributed by atoms with van der Waals surface area (Å²) in [6.45, 7) is 3.84. The number of rotatable bonds is 5. The zero-order chi connectivity index (χ0) is 15.6. The average Bonchev–Trinajstić information content (AvgIpc) is 2.80. The number of benzene rings is 1. The second-order valence-corrected chi connectivity index (χ2v) is 6.82. The Labute approximate surface area is 125 Å². The minimum atomic E-state index is -3.61. The fourth-order valence-corrected chi connectivity index (χ4v) is 3.62. The van der Waals surface area contributed by atoms with Crippen LogP contribution in [0.15, 0.2) is 29.4 Å². The van der Waals surface area contributed by atoms with Crippen LogP contribution < -0.4 is 10.5 Å². The van der Waals surface area contributed by atoms with Crippen molar-refractivity contribution < 1.29 is 8.42 Å². The van der Waals surface area contributed by atoms with Crippen LogP contribution in [0.1, 0.15) is 16.7 Å². The lowest BCUT2D eigenvalue weighted by Gasteiger charge is -2.13. The van der Waals surface area contributed by atoms with E-state index in [4.69, 9.17) is 5.73 Å². The molecule has 0 radical (unpaired) electrons. The molecule has 0 aliphatic carbocycles. The summed E-state index contributed by atoms with van der Waals surface area (Å²) in [5, 5.41) is 4.05. The molecule has 0 fully saturated rings. The van der Waals surface area contributed by atoms with Crippen molar-refractivity contribution in [2.75, 3.05) is 12.3 Å². The highest BCUT2D eigenvalue weighted by Gasteiger charge is 2.20. The van der Waals surface area contributed by atoms with E-state index in [-0.39, 0.29) is 4.90 Å². The van der Waals surface area contributed by atoms with E-state index < -0.39 is 10.0 Å². The van der Waals surface area contributed by atoms with E-state index in [0.29, 0.717) is 24.2 Å².